The molecule has 3 fully saturated rings. The average molecular weight is 280 g/mol. The summed E-state index contributed by atoms with van der Waals surface area (Å²) < 4.78 is 0. The van der Waals surface area contributed by atoms with Gasteiger partial charge < -0.3 is 15.5 Å². The fraction of sp³-hybridized carbons (Fsp3) is 1.00. The van der Waals surface area contributed by atoms with Gasteiger partial charge in [-0.1, -0.05) is 0 Å². The topological polar surface area (TPSA) is 35.7 Å². The first-order chi connectivity index (χ1) is 9.72. The van der Waals surface area contributed by atoms with Gasteiger partial charge in [-0.05, 0) is 77.8 Å². The quantitative estimate of drug-likeness (QED) is 0.827. The molecule has 1 unspecified atom stereocenters. The largest absolute Gasteiger partial charge is 0.329 e. The maximum absolute atomic E-state index is 6.15. The van der Waals surface area contributed by atoms with Gasteiger partial charge in [0.2, 0.25) is 0 Å². The van der Waals surface area contributed by atoms with Gasteiger partial charge in [0.1, 0.15) is 0 Å². The first-order valence-electron chi connectivity index (χ1n) is 8.58. The molecule has 0 spiro atoms. The van der Waals surface area contributed by atoms with E-state index in [0.29, 0.717) is 0 Å². The number of nitrogens with two attached hydrogens (primary N) is 1. The minimum Gasteiger partial charge on any atom is -0.329 e. The van der Waals surface area contributed by atoms with E-state index in [1.165, 1.54) is 77.9 Å². The Morgan fingerprint density at radius 1 is 1.05 bits per heavy atom. The summed E-state index contributed by atoms with van der Waals surface area (Å²) in [5.41, 5.74) is 6.44. The molecule has 0 aromatic heterocycles. The van der Waals surface area contributed by atoms with Gasteiger partial charge >= 0.3 is 0 Å². The van der Waals surface area contributed by atoms with E-state index in [2.05, 4.69) is 21.7 Å². The Balaban J connectivity index is 1.50. The fourth-order valence-corrected chi connectivity index (χ4v) is 4.53. The highest BCUT2D eigenvalue weighted by molar-refractivity contribution is 5.00. The molecule has 3 aliphatic heterocycles. The molecule has 3 aliphatic rings. The molecular formula is C16H32N4. The van der Waals surface area contributed by atoms with Crippen molar-refractivity contribution in [3.05, 3.63) is 0 Å². The Morgan fingerprint density at radius 2 is 1.75 bits per heavy atom. The molecule has 0 saturated carbocycles. The highest BCUT2D eigenvalue weighted by Crippen LogP contribution is 2.31. The predicted molar refractivity (Wildman–Crippen MR) is 83.9 cm³/mol. The van der Waals surface area contributed by atoms with E-state index in [9.17, 15) is 0 Å². The van der Waals surface area contributed by atoms with Crippen LogP contribution >= 0.6 is 0 Å². The lowest BCUT2D eigenvalue weighted by Gasteiger charge is -2.45. The minimum atomic E-state index is 0.285. The van der Waals surface area contributed by atoms with Gasteiger partial charge in [0, 0.05) is 25.2 Å². The van der Waals surface area contributed by atoms with Gasteiger partial charge in [0.15, 0.2) is 0 Å². The van der Waals surface area contributed by atoms with Gasteiger partial charge in [-0.2, -0.15) is 0 Å². The number of hydrogen-bond acceptors (Lipinski definition) is 4. The Labute approximate surface area is 124 Å². The van der Waals surface area contributed by atoms with Crippen molar-refractivity contribution in [1.82, 2.24) is 14.7 Å². The number of likely N-dealkylation sites (tertiary alicyclic amines) is 3. The summed E-state index contributed by atoms with van der Waals surface area (Å²) in [6.45, 7) is 9.78. The van der Waals surface area contributed by atoms with E-state index in [4.69, 9.17) is 5.73 Å². The van der Waals surface area contributed by atoms with Crippen LogP contribution in [0.2, 0.25) is 0 Å². The van der Waals surface area contributed by atoms with Crippen molar-refractivity contribution in [2.75, 3.05) is 59.4 Å². The molecule has 1 atom stereocenters. The lowest BCUT2D eigenvalue weighted by molar-refractivity contribution is 0.0545. The van der Waals surface area contributed by atoms with Gasteiger partial charge in [-0.15, -0.1) is 0 Å². The van der Waals surface area contributed by atoms with E-state index in [1.807, 2.05) is 0 Å². The van der Waals surface area contributed by atoms with E-state index in [0.717, 1.165) is 12.5 Å². The molecule has 3 saturated heterocycles. The lowest BCUT2D eigenvalue weighted by atomic mass is 9.89. The highest BCUT2D eigenvalue weighted by Gasteiger charge is 2.42. The molecule has 0 aromatic rings. The third kappa shape index (κ3) is 3.03. The summed E-state index contributed by atoms with van der Waals surface area (Å²) in [7, 11) is 2.23. The Hall–Kier alpha value is -0.160. The van der Waals surface area contributed by atoms with E-state index in [1.54, 1.807) is 0 Å². The average Bonchev–Trinajstić information content (AvgIpc) is 3.10. The van der Waals surface area contributed by atoms with Crippen molar-refractivity contribution in [1.29, 1.82) is 0 Å². The van der Waals surface area contributed by atoms with Gasteiger partial charge in [0.05, 0.1) is 0 Å². The monoisotopic (exact) mass is 280 g/mol. The lowest BCUT2D eigenvalue weighted by Crippen LogP contribution is -2.58. The molecule has 0 bridgehead atoms. The maximum Gasteiger partial charge on any atom is 0.0470 e. The zero-order valence-corrected chi connectivity index (χ0v) is 13.2. The first-order valence-corrected chi connectivity index (χ1v) is 8.58. The third-order valence-corrected chi connectivity index (χ3v) is 5.90. The maximum atomic E-state index is 6.15. The summed E-state index contributed by atoms with van der Waals surface area (Å²) in [6.07, 6.45) is 6.85. The molecule has 0 amide bonds. The number of hydrogen-bond donors (Lipinski definition) is 1. The number of nitrogens with zero attached hydrogens (tertiary/aromatic N) is 3. The molecule has 0 aromatic carbocycles. The van der Waals surface area contributed by atoms with Crippen LogP contribution in [0.15, 0.2) is 0 Å². The van der Waals surface area contributed by atoms with E-state index in [-0.39, 0.29) is 5.54 Å². The van der Waals surface area contributed by atoms with Gasteiger partial charge in [-0.3, -0.25) is 4.90 Å². The predicted octanol–water partition coefficient (Wildman–Crippen LogP) is 0.827. The zero-order valence-electron chi connectivity index (χ0n) is 13.2. The van der Waals surface area contributed by atoms with Crippen LogP contribution in [-0.4, -0.2) is 79.6 Å². The summed E-state index contributed by atoms with van der Waals surface area (Å²) in [4.78, 5) is 7.85. The number of rotatable bonds is 4. The van der Waals surface area contributed by atoms with Crippen LogP contribution in [0, 0.1) is 5.92 Å². The standard InChI is InChI=1S/C16H32N4/c1-18-11-6-16(13-17,14-18)20-9-4-15(5-10-20)12-19-7-2-3-8-19/h15H,2-14,17H2,1H3. The molecule has 4 heteroatoms. The second kappa shape index (κ2) is 6.30. The van der Waals surface area contributed by atoms with Crippen molar-refractivity contribution in [3.63, 3.8) is 0 Å². The van der Waals surface area contributed by atoms with Crippen LogP contribution in [0.5, 0.6) is 0 Å². The van der Waals surface area contributed by atoms with Crippen LogP contribution < -0.4 is 5.73 Å². The fourth-order valence-electron chi connectivity index (χ4n) is 4.53. The Kier molecular flexibility index (Phi) is 4.65. The highest BCUT2D eigenvalue weighted by atomic mass is 15.3. The van der Waals surface area contributed by atoms with Crippen molar-refractivity contribution in [2.45, 2.75) is 37.6 Å². The number of likely N-dealkylation sites (N-methyl/N-ethyl adjacent to an activating group) is 1. The summed E-state index contributed by atoms with van der Waals surface area (Å²) >= 11 is 0. The molecule has 0 aliphatic carbocycles. The van der Waals surface area contributed by atoms with Crippen molar-refractivity contribution in [2.24, 2.45) is 11.7 Å². The second-order valence-corrected chi connectivity index (χ2v) is 7.35. The Bertz CT molecular complexity index is 308. The van der Waals surface area contributed by atoms with Gasteiger partial charge in [0.25, 0.3) is 0 Å². The van der Waals surface area contributed by atoms with Crippen LogP contribution in [0.3, 0.4) is 0 Å². The Morgan fingerprint density at radius 3 is 2.30 bits per heavy atom. The van der Waals surface area contributed by atoms with Crippen LogP contribution in [-0.2, 0) is 0 Å². The SMILES string of the molecule is CN1CCC(CN)(N2CCC(CN3CCCC3)CC2)C1. The summed E-state index contributed by atoms with van der Waals surface area (Å²) in [5, 5.41) is 0. The molecular weight excluding hydrogens is 248 g/mol. The molecule has 4 nitrogen and oxygen atoms in total. The second-order valence-electron chi connectivity index (χ2n) is 7.35. The van der Waals surface area contributed by atoms with Crippen LogP contribution in [0.4, 0.5) is 0 Å². The molecule has 2 N–H and O–H groups in total. The molecule has 116 valence electrons. The molecule has 3 heterocycles. The van der Waals surface area contributed by atoms with Crippen molar-refractivity contribution >= 4 is 0 Å². The van der Waals surface area contributed by atoms with Gasteiger partial charge in [-0.25, -0.2) is 0 Å². The number of piperidine rings is 1. The van der Waals surface area contributed by atoms with Crippen molar-refractivity contribution < 1.29 is 0 Å². The summed E-state index contributed by atoms with van der Waals surface area (Å²) in [5.74, 6) is 0.929. The van der Waals surface area contributed by atoms with E-state index < -0.39 is 0 Å². The zero-order chi connectivity index (χ0) is 14.0. The van der Waals surface area contributed by atoms with Crippen LogP contribution in [0.25, 0.3) is 0 Å². The molecule has 20 heavy (non-hydrogen) atoms. The molecule has 0 radical (unpaired) electrons. The smallest absolute Gasteiger partial charge is 0.0470 e. The summed E-state index contributed by atoms with van der Waals surface area (Å²) in [6, 6.07) is 0. The first kappa shape index (κ1) is 14.8. The van der Waals surface area contributed by atoms with E-state index >= 15 is 0 Å². The van der Waals surface area contributed by atoms with Crippen LogP contribution in [0.1, 0.15) is 32.1 Å². The normalized spacial score (nSPS) is 35.1. The third-order valence-electron chi connectivity index (χ3n) is 5.90. The minimum absolute atomic E-state index is 0.285. The van der Waals surface area contributed by atoms with Crippen molar-refractivity contribution in [3.8, 4) is 0 Å². The molecule has 3 rings (SSSR count).